The molecule has 3 heteroatoms. The predicted molar refractivity (Wildman–Crippen MR) is 56.1 cm³/mol. The Bertz CT molecular complexity index is 353. The lowest BCUT2D eigenvalue weighted by molar-refractivity contribution is 0.351. The van der Waals surface area contributed by atoms with Crippen LogP contribution in [-0.4, -0.2) is 7.11 Å². The van der Waals surface area contributed by atoms with E-state index in [1.165, 1.54) is 7.11 Å². The van der Waals surface area contributed by atoms with Crippen LogP contribution in [0.1, 0.15) is 26.3 Å². The maximum Gasteiger partial charge on any atom is 0.200 e. The molecular formula is C12H16F2O. The molecule has 0 heterocycles. The van der Waals surface area contributed by atoms with Gasteiger partial charge in [0.15, 0.2) is 11.6 Å². The van der Waals surface area contributed by atoms with E-state index in [4.69, 9.17) is 4.74 Å². The third-order valence-corrected chi connectivity index (χ3v) is 2.06. The maximum absolute atomic E-state index is 13.3. The average Bonchev–Trinajstić information content (AvgIpc) is 2.10. The van der Waals surface area contributed by atoms with E-state index >= 15 is 0 Å². The normalized spacial score (nSPS) is 11.6. The first-order valence-electron chi connectivity index (χ1n) is 4.86. The van der Waals surface area contributed by atoms with Gasteiger partial charge in [0.1, 0.15) is 0 Å². The third-order valence-electron chi connectivity index (χ3n) is 2.06. The van der Waals surface area contributed by atoms with Gasteiger partial charge in [-0.15, -0.1) is 0 Å². The van der Waals surface area contributed by atoms with Gasteiger partial charge in [0, 0.05) is 0 Å². The van der Waals surface area contributed by atoms with Crippen LogP contribution < -0.4 is 4.74 Å². The van der Waals surface area contributed by atoms with Gasteiger partial charge >= 0.3 is 0 Å². The van der Waals surface area contributed by atoms with Crippen LogP contribution in [0.25, 0.3) is 0 Å². The van der Waals surface area contributed by atoms with E-state index in [0.29, 0.717) is 12.0 Å². The van der Waals surface area contributed by atoms with Gasteiger partial charge in [-0.25, -0.2) is 4.39 Å². The van der Waals surface area contributed by atoms with Gasteiger partial charge in [0.2, 0.25) is 5.82 Å². The van der Waals surface area contributed by atoms with Gasteiger partial charge in [0.05, 0.1) is 7.11 Å². The Morgan fingerprint density at radius 1 is 1.20 bits per heavy atom. The van der Waals surface area contributed by atoms with Gasteiger partial charge in [0.25, 0.3) is 0 Å². The van der Waals surface area contributed by atoms with Crippen LogP contribution in [0.2, 0.25) is 0 Å². The van der Waals surface area contributed by atoms with Crippen molar-refractivity contribution < 1.29 is 13.5 Å². The second-order valence-electron chi connectivity index (χ2n) is 4.79. The SMILES string of the molecule is COc1c(CC(C)(C)C)ccc(F)c1F. The van der Waals surface area contributed by atoms with Gasteiger partial charge in [-0.3, -0.25) is 0 Å². The van der Waals surface area contributed by atoms with Crippen LogP contribution in [-0.2, 0) is 6.42 Å². The summed E-state index contributed by atoms with van der Waals surface area (Å²) in [5.41, 5.74) is 0.710. The van der Waals surface area contributed by atoms with Gasteiger partial charge in [-0.1, -0.05) is 26.8 Å². The van der Waals surface area contributed by atoms with E-state index < -0.39 is 11.6 Å². The van der Waals surface area contributed by atoms with Crippen LogP contribution in [0.15, 0.2) is 12.1 Å². The highest BCUT2D eigenvalue weighted by molar-refractivity contribution is 5.36. The monoisotopic (exact) mass is 214 g/mol. The number of hydrogen-bond acceptors (Lipinski definition) is 1. The lowest BCUT2D eigenvalue weighted by Crippen LogP contribution is -2.11. The lowest BCUT2D eigenvalue weighted by atomic mass is 9.88. The highest BCUT2D eigenvalue weighted by Crippen LogP contribution is 2.30. The number of benzene rings is 1. The molecule has 1 aromatic rings. The fourth-order valence-corrected chi connectivity index (χ4v) is 1.50. The summed E-state index contributed by atoms with van der Waals surface area (Å²) in [6, 6.07) is 2.71. The van der Waals surface area contributed by atoms with Crippen molar-refractivity contribution in [3.05, 3.63) is 29.3 Å². The van der Waals surface area contributed by atoms with Crippen molar-refractivity contribution in [2.75, 3.05) is 7.11 Å². The zero-order valence-electron chi connectivity index (χ0n) is 9.53. The van der Waals surface area contributed by atoms with Crippen molar-refractivity contribution in [3.8, 4) is 5.75 Å². The average molecular weight is 214 g/mol. The Morgan fingerprint density at radius 3 is 2.27 bits per heavy atom. The van der Waals surface area contributed by atoms with Crippen LogP contribution >= 0.6 is 0 Å². The van der Waals surface area contributed by atoms with E-state index in [1.54, 1.807) is 6.07 Å². The Hall–Kier alpha value is -1.12. The summed E-state index contributed by atoms with van der Waals surface area (Å²) >= 11 is 0. The van der Waals surface area contributed by atoms with Crippen LogP contribution in [0.3, 0.4) is 0 Å². The number of rotatable bonds is 2. The molecule has 15 heavy (non-hydrogen) atoms. The Kier molecular flexibility index (Phi) is 3.32. The number of hydrogen-bond donors (Lipinski definition) is 0. The number of halogens is 2. The molecule has 0 saturated carbocycles. The number of methoxy groups -OCH3 is 1. The molecule has 0 aliphatic carbocycles. The van der Waals surface area contributed by atoms with Crippen molar-refractivity contribution in [2.45, 2.75) is 27.2 Å². The first kappa shape index (κ1) is 12.0. The molecule has 0 bridgehead atoms. The van der Waals surface area contributed by atoms with Gasteiger partial charge in [-0.05, 0) is 23.5 Å². The molecule has 1 aromatic carbocycles. The van der Waals surface area contributed by atoms with Gasteiger partial charge < -0.3 is 4.74 Å². The molecule has 0 spiro atoms. The summed E-state index contributed by atoms with van der Waals surface area (Å²) in [4.78, 5) is 0. The van der Waals surface area contributed by atoms with Crippen LogP contribution in [0, 0.1) is 17.0 Å². The predicted octanol–water partition coefficient (Wildman–Crippen LogP) is 3.56. The van der Waals surface area contributed by atoms with Crippen molar-refractivity contribution in [2.24, 2.45) is 5.41 Å². The summed E-state index contributed by atoms with van der Waals surface area (Å²) in [5.74, 6) is -1.76. The Balaban J connectivity index is 3.14. The minimum atomic E-state index is -0.903. The van der Waals surface area contributed by atoms with Gasteiger partial charge in [-0.2, -0.15) is 4.39 Å². The molecular weight excluding hydrogens is 198 g/mol. The molecule has 0 aliphatic heterocycles. The van der Waals surface area contributed by atoms with Crippen molar-refractivity contribution in [3.63, 3.8) is 0 Å². The van der Waals surface area contributed by atoms with Crippen molar-refractivity contribution in [1.82, 2.24) is 0 Å². The molecule has 0 N–H and O–H groups in total. The van der Waals surface area contributed by atoms with E-state index in [-0.39, 0.29) is 11.2 Å². The summed E-state index contributed by atoms with van der Waals surface area (Å²) in [5, 5.41) is 0. The Labute approximate surface area is 89.1 Å². The molecule has 0 radical (unpaired) electrons. The summed E-state index contributed by atoms with van der Waals surface area (Å²) in [7, 11) is 1.35. The quantitative estimate of drug-likeness (QED) is 0.731. The highest BCUT2D eigenvalue weighted by Gasteiger charge is 2.19. The molecule has 0 fully saturated rings. The fraction of sp³-hybridized carbons (Fsp3) is 0.500. The minimum absolute atomic E-state index is 0.0115. The first-order chi connectivity index (χ1) is 6.85. The largest absolute Gasteiger partial charge is 0.493 e. The van der Waals surface area contributed by atoms with Crippen LogP contribution in [0.4, 0.5) is 8.78 Å². The van der Waals surface area contributed by atoms with E-state index in [9.17, 15) is 8.78 Å². The summed E-state index contributed by atoms with van der Waals surface area (Å²) in [6.45, 7) is 6.11. The zero-order chi connectivity index (χ0) is 11.6. The first-order valence-corrected chi connectivity index (χ1v) is 4.86. The smallest absolute Gasteiger partial charge is 0.200 e. The van der Waals surface area contributed by atoms with Crippen LogP contribution in [0.5, 0.6) is 5.75 Å². The second-order valence-corrected chi connectivity index (χ2v) is 4.79. The topological polar surface area (TPSA) is 9.23 Å². The summed E-state index contributed by atoms with van der Waals surface area (Å²) in [6.07, 6.45) is 0.646. The molecule has 84 valence electrons. The maximum atomic E-state index is 13.3. The Morgan fingerprint density at radius 2 is 1.80 bits per heavy atom. The third kappa shape index (κ3) is 2.91. The zero-order valence-corrected chi connectivity index (χ0v) is 9.53. The number of ether oxygens (including phenoxy) is 1. The molecule has 0 aliphatic rings. The fourth-order valence-electron chi connectivity index (χ4n) is 1.50. The lowest BCUT2D eigenvalue weighted by Gasteiger charge is -2.20. The molecule has 0 amide bonds. The molecule has 0 atom stereocenters. The molecule has 0 aromatic heterocycles. The van der Waals surface area contributed by atoms with E-state index in [2.05, 4.69) is 0 Å². The van der Waals surface area contributed by atoms with E-state index in [1.807, 2.05) is 20.8 Å². The molecule has 1 nitrogen and oxygen atoms in total. The van der Waals surface area contributed by atoms with Crippen molar-refractivity contribution in [1.29, 1.82) is 0 Å². The summed E-state index contributed by atoms with van der Waals surface area (Å²) < 4.78 is 31.1. The molecule has 1 rings (SSSR count). The molecule has 0 unspecified atom stereocenters. The molecule has 0 saturated heterocycles. The standard InChI is InChI=1S/C12H16F2O/c1-12(2,3)7-8-5-6-9(13)10(14)11(8)15-4/h5-6H,7H2,1-4H3. The highest BCUT2D eigenvalue weighted by atomic mass is 19.2. The second kappa shape index (κ2) is 4.17. The minimum Gasteiger partial charge on any atom is -0.493 e. The van der Waals surface area contributed by atoms with E-state index in [0.717, 1.165) is 6.07 Å². The van der Waals surface area contributed by atoms with Crippen molar-refractivity contribution >= 4 is 0 Å².